The molecule has 6 heteroatoms. The van der Waals surface area contributed by atoms with Crippen molar-refractivity contribution in [3.63, 3.8) is 0 Å². The topological polar surface area (TPSA) is 75.5 Å². The van der Waals surface area contributed by atoms with Crippen LogP contribution < -0.4 is 9.64 Å². The summed E-state index contributed by atoms with van der Waals surface area (Å²) in [5.74, 6) is -0.208. The van der Waals surface area contributed by atoms with Crippen molar-refractivity contribution in [2.24, 2.45) is 0 Å². The van der Waals surface area contributed by atoms with Crippen LogP contribution in [0.3, 0.4) is 0 Å². The van der Waals surface area contributed by atoms with Gasteiger partial charge in [-0.2, -0.15) is 4.98 Å². The summed E-state index contributed by atoms with van der Waals surface area (Å²) in [5.41, 5.74) is 1.03. The number of hydrogen-bond donors (Lipinski definition) is 1. The Morgan fingerprint density at radius 2 is 2.05 bits per heavy atom. The Balaban J connectivity index is 2.05. The Morgan fingerprint density at radius 3 is 2.71 bits per heavy atom. The standard InChI is InChI=1S/C15H17N3O3/c1-11(14(19)20)18(2)15-16-9-8-13(17-15)21-10-12-6-4-3-5-7-12/h3-9,11H,10H2,1-2H3,(H,19,20). The van der Waals surface area contributed by atoms with E-state index in [9.17, 15) is 4.79 Å². The molecule has 0 fully saturated rings. The fourth-order valence-electron chi connectivity index (χ4n) is 1.65. The molecule has 1 atom stereocenters. The van der Waals surface area contributed by atoms with Crippen LogP contribution in [-0.2, 0) is 11.4 Å². The summed E-state index contributed by atoms with van der Waals surface area (Å²) in [7, 11) is 1.63. The molecular formula is C15H17N3O3. The highest BCUT2D eigenvalue weighted by molar-refractivity contribution is 5.76. The SMILES string of the molecule is CC(C(=O)O)N(C)c1nccc(OCc2ccccc2)n1. The van der Waals surface area contributed by atoms with E-state index in [0.717, 1.165) is 5.56 Å². The van der Waals surface area contributed by atoms with Gasteiger partial charge in [0.05, 0.1) is 0 Å². The molecule has 1 aromatic heterocycles. The highest BCUT2D eigenvalue weighted by Gasteiger charge is 2.19. The van der Waals surface area contributed by atoms with Gasteiger partial charge in [-0.1, -0.05) is 30.3 Å². The van der Waals surface area contributed by atoms with Gasteiger partial charge in [-0.15, -0.1) is 0 Å². The molecule has 110 valence electrons. The van der Waals surface area contributed by atoms with Crippen molar-refractivity contribution < 1.29 is 14.6 Å². The summed E-state index contributed by atoms with van der Waals surface area (Å²) >= 11 is 0. The summed E-state index contributed by atoms with van der Waals surface area (Å²) in [6, 6.07) is 10.7. The third-order valence-corrected chi connectivity index (χ3v) is 3.10. The molecule has 21 heavy (non-hydrogen) atoms. The van der Waals surface area contributed by atoms with Crippen molar-refractivity contribution in [3.05, 3.63) is 48.2 Å². The maximum atomic E-state index is 11.0. The highest BCUT2D eigenvalue weighted by atomic mass is 16.5. The molecule has 0 spiro atoms. The van der Waals surface area contributed by atoms with Crippen LogP contribution in [0.2, 0.25) is 0 Å². The van der Waals surface area contributed by atoms with E-state index >= 15 is 0 Å². The van der Waals surface area contributed by atoms with Crippen LogP contribution in [0.5, 0.6) is 5.88 Å². The smallest absolute Gasteiger partial charge is 0.326 e. The first-order valence-corrected chi connectivity index (χ1v) is 6.53. The fourth-order valence-corrected chi connectivity index (χ4v) is 1.65. The van der Waals surface area contributed by atoms with Crippen LogP contribution in [0, 0.1) is 0 Å². The van der Waals surface area contributed by atoms with Crippen LogP contribution in [-0.4, -0.2) is 34.1 Å². The molecule has 0 amide bonds. The van der Waals surface area contributed by atoms with Gasteiger partial charge in [0.25, 0.3) is 0 Å². The van der Waals surface area contributed by atoms with E-state index in [4.69, 9.17) is 9.84 Å². The van der Waals surface area contributed by atoms with Gasteiger partial charge in [0, 0.05) is 19.3 Å². The summed E-state index contributed by atoms with van der Waals surface area (Å²) in [6.07, 6.45) is 1.55. The van der Waals surface area contributed by atoms with Gasteiger partial charge in [0.1, 0.15) is 12.6 Å². The number of carboxylic acids is 1. The molecule has 1 aromatic carbocycles. The van der Waals surface area contributed by atoms with Crippen molar-refractivity contribution >= 4 is 11.9 Å². The van der Waals surface area contributed by atoms with Crippen molar-refractivity contribution in [1.29, 1.82) is 0 Å². The number of carboxylic acid groups (broad SMARTS) is 1. The molecule has 6 nitrogen and oxygen atoms in total. The average Bonchev–Trinajstić information content (AvgIpc) is 2.52. The third kappa shape index (κ3) is 3.92. The summed E-state index contributed by atoms with van der Waals surface area (Å²) < 4.78 is 5.60. The highest BCUT2D eigenvalue weighted by Crippen LogP contribution is 2.15. The second-order valence-corrected chi connectivity index (χ2v) is 4.59. The molecule has 0 aliphatic rings. The second kappa shape index (κ2) is 6.69. The minimum atomic E-state index is -0.934. The lowest BCUT2D eigenvalue weighted by atomic mass is 10.2. The zero-order chi connectivity index (χ0) is 15.2. The number of hydrogen-bond acceptors (Lipinski definition) is 5. The van der Waals surface area contributed by atoms with Gasteiger partial charge < -0.3 is 14.7 Å². The monoisotopic (exact) mass is 287 g/mol. The van der Waals surface area contributed by atoms with E-state index in [1.165, 1.54) is 4.90 Å². The molecule has 0 bridgehead atoms. The largest absolute Gasteiger partial charge is 0.480 e. The Morgan fingerprint density at radius 1 is 1.33 bits per heavy atom. The average molecular weight is 287 g/mol. The Hall–Kier alpha value is -2.63. The minimum absolute atomic E-state index is 0.315. The van der Waals surface area contributed by atoms with Gasteiger partial charge in [0.2, 0.25) is 11.8 Å². The maximum absolute atomic E-state index is 11.0. The number of benzene rings is 1. The van der Waals surface area contributed by atoms with Crippen LogP contribution in [0.15, 0.2) is 42.6 Å². The van der Waals surface area contributed by atoms with Crippen molar-refractivity contribution in [3.8, 4) is 5.88 Å². The first-order valence-electron chi connectivity index (χ1n) is 6.53. The molecular weight excluding hydrogens is 270 g/mol. The van der Waals surface area contributed by atoms with Crippen LogP contribution in [0.25, 0.3) is 0 Å². The molecule has 1 unspecified atom stereocenters. The first-order chi connectivity index (χ1) is 10.1. The number of likely N-dealkylation sites (N-methyl/N-ethyl adjacent to an activating group) is 1. The lowest BCUT2D eigenvalue weighted by Gasteiger charge is -2.21. The molecule has 0 saturated heterocycles. The van der Waals surface area contributed by atoms with Crippen LogP contribution in [0.1, 0.15) is 12.5 Å². The van der Waals surface area contributed by atoms with Crippen molar-refractivity contribution in [2.45, 2.75) is 19.6 Å². The molecule has 0 aliphatic carbocycles. The summed E-state index contributed by atoms with van der Waals surface area (Å²) in [4.78, 5) is 20.8. The number of ether oxygens (including phenoxy) is 1. The number of aromatic nitrogens is 2. The quantitative estimate of drug-likeness (QED) is 0.875. The van der Waals surface area contributed by atoms with E-state index in [2.05, 4.69) is 9.97 Å². The second-order valence-electron chi connectivity index (χ2n) is 4.59. The predicted octanol–water partition coefficient (Wildman–Crippen LogP) is 1.96. The number of rotatable bonds is 6. The molecule has 1 N–H and O–H groups in total. The van der Waals surface area contributed by atoms with Gasteiger partial charge in [-0.05, 0) is 12.5 Å². The van der Waals surface area contributed by atoms with E-state index in [1.54, 1.807) is 26.2 Å². The number of nitrogens with zero attached hydrogens (tertiary/aromatic N) is 3. The van der Waals surface area contributed by atoms with E-state index < -0.39 is 12.0 Å². The van der Waals surface area contributed by atoms with Crippen LogP contribution in [0.4, 0.5) is 5.95 Å². The minimum Gasteiger partial charge on any atom is -0.480 e. The van der Waals surface area contributed by atoms with E-state index in [-0.39, 0.29) is 0 Å². The van der Waals surface area contributed by atoms with E-state index in [0.29, 0.717) is 18.4 Å². The molecule has 0 radical (unpaired) electrons. The third-order valence-electron chi connectivity index (χ3n) is 3.10. The summed E-state index contributed by atoms with van der Waals surface area (Å²) in [5, 5.41) is 9.01. The normalized spacial score (nSPS) is 11.7. The maximum Gasteiger partial charge on any atom is 0.326 e. The summed E-state index contributed by atoms with van der Waals surface area (Å²) in [6.45, 7) is 1.97. The van der Waals surface area contributed by atoms with Gasteiger partial charge in [0.15, 0.2) is 0 Å². The van der Waals surface area contributed by atoms with Crippen molar-refractivity contribution in [2.75, 3.05) is 11.9 Å². The number of aliphatic carboxylic acids is 1. The Bertz CT molecular complexity index is 604. The zero-order valence-electron chi connectivity index (χ0n) is 11.9. The van der Waals surface area contributed by atoms with Crippen molar-refractivity contribution in [1.82, 2.24) is 9.97 Å². The number of carbonyl (C=O) groups is 1. The van der Waals surface area contributed by atoms with E-state index in [1.807, 2.05) is 30.3 Å². The number of anilines is 1. The molecule has 2 rings (SSSR count). The van der Waals surface area contributed by atoms with Gasteiger partial charge in [-0.3, -0.25) is 0 Å². The zero-order valence-corrected chi connectivity index (χ0v) is 11.9. The van der Waals surface area contributed by atoms with Crippen LogP contribution >= 0.6 is 0 Å². The first kappa shape index (κ1) is 14.8. The van der Waals surface area contributed by atoms with Gasteiger partial charge >= 0.3 is 5.97 Å². The van der Waals surface area contributed by atoms with Gasteiger partial charge in [-0.25, -0.2) is 9.78 Å². The fraction of sp³-hybridized carbons (Fsp3) is 0.267. The molecule has 2 aromatic rings. The molecule has 0 saturated carbocycles. The molecule has 1 heterocycles. The Kier molecular flexibility index (Phi) is 4.71. The lowest BCUT2D eigenvalue weighted by Crippen LogP contribution is -2.36. The lowest BCUT2D eigenvalue weighted by molar-refractivity contribution is -0.138. The molecule has 0 aliphatic heterocycles. The Labute approximate surface area is 123 Å². The predicted molar refractivity (Wildman–Crippen MR) is 78.3 cm³/mol.